The molecule has 3 heteroatoms. The Bertz CT molecular complexity index is 385. The highest BCUT2D eigenvalue weighted by Crippen LogP contribution is 2.13. The Morgan fingerprint density at radius 3 is 3.00 bits per heavy atom. The van der Waals surface area contributed by atoms with Crippen LogP contribution in [0.25, 0.3) is 10.9 Å². The van der Waals surface area contributed by atoms with E-state index in [-0.39, 0.29) is 0 Å². The lowest BCUT2D eigenvalue weighted by atomic mass is 10.2. The molecule has 1 heterocycles. The Hall–Kier alpha value is -1.51. The topological polar surface area (TPSA) is 12.9 Å². The Balaban J connectivity index is 2.84. The van der Waals surface area contributed by atoms with E-state index in [1.807, 2.05) is 0 Å². The van der Waals surface area contributed by atoms with Crippen LogP contribution in [0, 0.1) is 17.8 Å². The van der Waals surface area contributed by atoms with Gasteiger partial charge in [-0.15, -0.1) is 0 Å². The van der Waals surface area contributed by atoms with Crippen molar-refractivity contribution >= 4 is 10.9 Å². The molecule has 1 aromatic heterocycles. The van der Waals surface area contributed by atoms with Crippen molar-refractivity contribution in [3.8, 4) is 0 Å². The van der Waals surface area contributed by atoms with E-state index in [1.54, 1.807) is 18.2 Å². The minimum Gasteiger partial charge on any atom is -0.217 e. The van der Waals surface area contributed by atoms with Crippen molar-refractivity contribution in [3.63, 3.8) is 0 Å². The molecule has 0 unspecified atom stereocenters. The molecule has 12 heavy (non-hydrogen) atoms. The molecule has 0 saturated carbocycles. The number of aromatic nitrogens is 1. The Morgan fingerprint density at radius 1 is 1.33 bits per heavy atom. The van der Waals surface area contributed by atoms with E-state index in [0.717, 1.165) is 6.07 Å². The van der Waals surface area contributed by atoms with Gasteiger partial charge in [-0.05, 0) is 24.3 Å². The molecule has 1 aromatic carbocycles. The molecule has 0 bridgehead atoms. The highest BCUT2D eigenvalue weighted by Gasteiger charge is 2.03. The van der Waals surface area contributed by atoms with Crippen LogP contribution in [0.3, 0.4) is 0 Å². The quantitative estimate of drug-likeness (QED) is 0.544. The Kier molecular flexibility index (Phi) is 1.50. The molecule has 2 aromatic rings. The molecule has 59 valence electrons. The molecule has 0 amide bonds. The third kappa shape index (κ3) is 1.03. The highest BCUT2D eigenvalue weighted by atomic mass is 19.2. The van der Waals surface area contributed by atoms with Gasteiger partial charge in [0.2, 0.25) is 5.95 Å². The second kappa shape index (κ2) is 2.52. The molecule has 1 radical (unpaired) electrons. The number of nitrogens with zero attached hydrogens (tertiary/aromatic N) is 1. The van der Waals surface area contributed by atoms with E-state index >= 15 is 0 Å². The SMILES string of the molecule is Fc1cc2c[c]ccc2nc1F. The molecule has 2 rings (SSSR count). The van der Waals surface area contributed by atoms with Crippen LogP contribution in [0.15, 0.2) is 24.3 Å². The summed E-state index contributed by atoms with van der Waals surface area (Å²) in [5, 5.41) is 0.552. The summed E-state index contributed by atoms with van der Waals surface area (Å²) in [6.07, 6.45) is 0. The van der Waals surface area contributed by atoms with Crippen LogP contribution in [0.4, 0.5) is 8.78 Å². The van der Waals surface area contributed by atoms with E-state index in [1.165, 1.54) is 0 Å². The Labute approximate surface area is 67.7 Å². The highest BCUT2D eigenvalue weighted by molar-refractivity contribution is 5.77. The normalized spacial score (nSPS) is 10.5. The lowest BCUT2D eigenvalue weighted by Gasteiger charge is -1.96. The van der Waals surface area contributed by atoms with E-state index in [4.69, 9.17) is 0 Å². The number of pyridine rings is 1. The van der Waals surface area contributed by atoms with Crippen LogP contribution in [0.1, 0.15) is 0 Å². The minimum absolute atomic E-state index is 0.438. The maximum absolute atomic E-state index is 12.6. The van der Waals surface area contributed by atoms with Gasteiger partial charge in [0.25, 0.3) is 0 Å². The maximum atomic E-state index is 12.6. The summed E-state index contributed by atoms with van der Waals surface area (Å²) in [7, 11) is 0. The number of hydrogen-bond acceptors (Lipinski definition) is 1. The molecule has 0 N–H and O–H groups in total. The first-order valence-electron chi connectivity index (χ1n) is 3.39. The third-order valence-electron chi connectivity index (χ3n) is 1.57. The molecule has 0 atom stereocenters. The molecule has 0 aliphatic rings. The van der Waals surface area contributed by atoms with Gasteiger partial charge in [-0.1, -0.05) is 6.07 Å². The van der Waals surface area contributed by atoms with Crippen molar-refractivity contribution in [2.75, 3.05) is 0 Å². The van der Waals surface area contributed by atoms with E-state index in [9.17, 15) is 8.78 Å². The molecular weight excluding hydrogens is 160 g/mol. The van der Waals surface area contributed by atoms with E-state index in [0.29, 0.717) is 10.9 Å². The second-order valence-corrected chi connectivity index (χ2v) is 2.38. The van der Waals surface area contributed by atoms with Gasteiger partial charge in [0.05, 0.1) is 5.52 Å². The molecular formula is C9H4F2N. The zero-order valence-electron chi connectivity index (χ0n) is 6.01. The summed E-state index contributed by atoms with van der Waals surface area (Å²) in [6.45, 7) is 0. The van der Waals surface area contributed by atoms with Crippen molar-refractivity contribution in [1.29, 1.82) is 0 Å². The van der Waals surface area contributed by atoms with Crippen LogP contribution in [-0.2, 0) is 0 Å². The largest absolute Gasteiger partial charge is 0.249 e. The lowest BCUT2D eigenvalue weighted by molar-refractivity contribution is 0.484. The number of hydrogen-bond donors (Lipinski definition) is 0. The van der Waals surface area contributed by atoms with Gasteiger partial charge in [-0.25, -0.2) is 9.37 Å². The van der Waals surface area contributed by atoms with Crippen LogP contribution in [0.5, 0.6) is 0 Å². The fraction of sp³-hybridized carbons (Fsp3) is 0. The number of halogens is 2. The van der Waals surface area contributed by atoms with E-state index < -0.39 is 11.8 Å². The second-order valence-electron chi connectivity index (χ2n) is 2.38. The van der Waals surface area contributed by atoms with Gasteiger partial charge in [0.15, 0.2) is 5.82 Å². The molecule has 0 fully saturated rings. The molecule has 1 nitrogen and oxygen atoms in total. The fourth-order valence-corrected chi connectivity index (χ4v) is 1.01. The van der Waals surface area contributed by atoms with Crippen molar-refractivity contribution in [1.82, 2.24) is 4.98 Å². The zero-order chi connectivity index (χ0) is 8.55. The summed E-state index contributed by atoms with van der Waals surface area (Å²) < 4.78 is 25.1. The Morgan fingerprint density at radius 2 is 2.17 bits per heavy atom. The zero-order valence-corrected chi connectivity index (χ0v) is 6.01. The predicted octanol–water partition coefficient (Wildman–Crippen LogP) is 2.31. The van der Waals surface area contributed by atoms with Crippen LogP contribution in [0.2, 0.25) is 0 Å². The first kappa shape index (κ1) is 7.16. The number of rotatable bonds is 0. The average Bonchev–Trinajstić information content (AvgIpc) is 2.07. The van der Waals surface area contributed by atoms with Crippen LogP contribution < -0.4 is 0 Å². The third-order valence-corrected chi connectivity index (χ3v) is 1.57. The molecule has 0 aliphatic carbocycles. The van der Waals surface area contributed by atoms with Gasteiger partial charge in [-0.3, -0.25) is 0 Å². The molecule has 0 spiro atoms. The van der Waals surface area contributed by atoms with Crippen molar-refractivity contribution in [2.24, 2.45) is 0 Å². The van der Waals surface area contributed by atoms with Crippen molar-refractivity contribution in [2.45, 2.75) is 0 Å². The van der Waals surface area contributed by atoms with E-state index in [2.05, 4.69) is 11.1 Å². The lowest BCUT2D eigenvalue weighted by Crippen LogP contribution is -1.89. The number of benzene rings is 1. The molecule has 0 saturated heterocycles. The summed E-state index contributed by atoms with van der Waals surface area (Å²) in [5.74, 6) is -1.99. The predicted molar refractivity (Wildman–Crippen MR) is 40.5 cm³/mol. The molecule has 0 aliphatic heterocycles. The first-order valence-corrected chi connectivity index (χ1v) is 3.39. The van der Waals surface area contributed by atoms with Gasteiger partial charge in [0, 0.05) is 5.39 Å². The smallest absolute Gasteiger partial charge is 0.217 e. The van der Waals surface area contributed by atoms with Crippen LogP contribution >= 0.6 is 0 Å². The first-order chi connectivity index (χ1) is 5.77. The average molecular weight is 164 g/mol. The van der Waals surface area contributed by atoms with Crippen molar-refractivity contribution < 1.29 is 8.78 Å². The summed E-state index contributed by atoms with van der Waals surface area (Å²) >= 11 is 0. The summed E-state index contributed by atoms with van der Waals surface area (Å²) in [4.78, 5) is 3.41. The minimum atomic E-state index is -1.06. The maximum Gasteiger partial charge on any atom is 0.249 e. The van der Waals surface area contributed by atoms with Gasteiger partial charge in [-0.2, -0.15) is 4.39 Å². The van der Waals surface area contributed by atoms with Gasteiger partial charge >= 0.3 is 0 Å². The van der Waals surface area contributed by atoms with Gasteiger partial charge in [0.1, 0.15) is 0 Å². The van der Waals surface area contributed by atoms with Crippen LogP contribution in [-0.4, -0.2) is 4.98 Å². The van der Waals surface area contributed by atoms with Gasteiger partial charge < -0.3 is 0 Å². The summed E-state index contributed by atoms with van der Waals surface area (Å²) in [6, 6.07) is 8.60. The van der Waals surface area contributed by atoms with Crippen molar-refractivity contribution in [3.05, 3.63) is 42.1 Å². The fourth-order valence-electron chi connectivity index (χ4n) is 1.01. The monoisotopic (exact) mass is 164 g/mol. The summed E-state index contributed by atoms with van der Waals surface area (Å²) in [5.41, 5.74) is 0.438. The standard InChI is InChI=1S/C9H4F2N/c10-7-5-6-3-1-2-4-8(6)12-9(7)11/h2-5H. The number of fused-ring (bicyclic) bond motifs is 1.